The smallest absolute Gasteiger partial charge is 0.261 e. The maximum Gasteiger partial charge on any atom is 0.261 e. The summed E-state index contributed by atoms with van der Waals surface area (Å²) in [5.41, 5.74) is 0.566. The summed E-state index contributed by atoms with van der Waals surface area (Å²) in [6.45, 7) is 1.65. The molecule has 5 heteroatoms. The Bertz CT molecular complexity index is 604. The molecule has 1 fully saturated rings. The number of nitrogens with one attached hydrogen (secondary N) is 1. The molecule has 1 aromatic heterocycles. The van der Waals surface area contributed by atoms with Crippen molar-refractivity contribution in [1.29, 1.82) is 0 Å². The van der Waals surface area contributed by atoms with Gasteiger partial charge in [0.2, 0.25) is 0 Å². The van der Waals surface area contributed by atoms with Crippen LogP contribution in [0.1, 0.15) is 6.04 Å². The monoisotopic (exact) mass is 235 g/mol. The van der Waals surface area contributed by atoms with Crippen LogP contribution in [0.15, 0.2) is 29.3 Å². The first kappa shape index (κ1) is 9.81. The van der Waals surface area contributed by atoms with Crippen molar-refractivity contribution in [1.82, 2.24) is 14.9 Å². The Morgan fingerprint density at radius 2 is 2.25 bits per heavy atom. The maximum atomic E-state index is 12.2. The Labute approximate surface area is 96.9 Å². The third-order valence-electron chi connectivity index (χ3n) is 2.92. The van der Waals surface area contributed by atoms with Crippen LogP contribution in [-0.4, -0.2) is 22.6 Å². The van der Waals surface area contributed by atoms with Gasteiger partial charge < -0.3 is 5.32 Å². The van der Waals surface area contributed by atoms with E-state index in [1.165, 1.54) is 0 Å². The molecular formula is C11H10ClN3O. The molecule has 2 heterocycles. The number of nitrogens with zero attached hydrogens (tertiary/aromatic N) is 2. The molecule has 0 bridgehead atoms. The highest BCUT2D eigenvalue weighted by atomic mass is 35.5. The average Bonchev–Trinajstić information content (AvgIpc) is 2.20. The van der Waals surface area contributed by atoms with Crippen molar-refractivity contribution in [3.8, 4) is 0 Å². The van der Waals surface area contributed by atoms with Crippen molar-refractivity contribution in [3.05, 3.63) is 39.9 Å². The van der Waals surface area contributed by atoms with Gasteiger partial charge in [0, 0.05) is 13.1 Å². The fourth-order valence-corrected chi connectivity index (χ4v) is 2.08. The summed E-state index contributed by atoms with van der Waals surface area (Å²) >= 11 is 5.99. The lowest BCUT2D eigenvalue weighted by atomic mass is 10.1. The molecule has 82 valence electrons. The Morgan fingerprint density at radius 3 is 2.94 bits per heavy atom. The van der Waals surface area contributed by atoms with E-state index in [-0.39, 0.29) is 11.6 Å². The minimum atomic E-state index is -0.0148. The van der Waals surface area contributed by atoms with E-state index in [4.69, 9.17) is 11.6 Å². The molecule has 1 saturated heterocycles. The second-order valence-corrected chi connectivity index (χ2v) is 4.31. The predicted octanol–water partition coefficient (Wildman–Crippen LogP) is 1.19. The number of para-hydroxylation sites is 1. The molecule has 0 aliphatic carbocycles. The molecule has 0 saturated carbocycles. The highest BCUT2D eigenvalue weighted by Crippen LogP contribution is 2.19. The van der Waals surface area contributed by atoms with E-state index in [0.29, 0.717) is 15.9 Å². The van der Waals surface area contributed by atoms with Gasteiger partial charge in [-0.25, -0.2) is 4.98 Å². The maximum absolute atomic E-state index is 12.2. The molecule has 0 amide bonds. The summed E-state index contributed by atoms with van der Waals surface area (Å²) in [4.78, 5) is 16.4. The number of hydrogen-bond donors (Lipinski definition) is 1. The highest BCUT2D eigenvalue weighted by Gasteiger charge is 2.20. The van der Waals surface area contributed by atoms with Crippen LogP contribution in [0, 0.1) is 0 Å². The van der Waals surface area contributed by atoms with Crippen molar-refractivity contribution in [2.75, 3.05) is 13.1 Å². The van der Waals surface area contributed by atoms with Gasteiger partial charge in [0.05, 0.1) is 28.3 Å². The Morgan fingerprint density at radius 1 is 1.44 bits per heavy atom. The molecule has 4 nitrogen and oxygen atoms in total. The van der Waals surface area contributed by atoms with Crippen molar-refractivity contribution in [2.45, 2.75) is 6.04 Å². The Hall–Kier alpha value is -1.39. The van der Waals surface area contributed by atoms with Crippen molar-refractivity contribution >= 4 is 22.5 Å². The molecule has 1 aromatic carbocycles. The number of rotatable bonds is 1. The summed E-state index contributed by atoms with van der Waals surface area (Å²) in [5.74, 6) is 0. The van der Waals surface area contributed by atoms with Crippen molar-refractivity contribution < 1.29 is 0 Å². The van der Waals surface area contributed by atoms with Crippen LogP contribution in [0.4, 0.5) is 0 Å². The van der Waals surface area contributed by atoms with Gasteiger partial charge in [-0.3, -0.25) is 9.36 Å². The van der Waals surface area contributed by atoms with Gasteiger partial charge >= 0.3 is 0 Å². The van der Waals surface area contributed by atoms with Crippen LogP contribution >= 0.6 is 11.6 Å². The molecule has 1 aliphatic heterocycles. The van der Waals surface area contributed by atoms with Crippen molar-refractivity contribution in [2.24, 2.45) is 0 Å². The van der Waals surface area contributed by atoms with Gasteiger partial charge in [0.15, 0.2) is 0 Å². The second kappa shape index (κ2) is 3.57. The van der Waals surface area contributed by atoms with Gasteiger partial charge in [-0.05, 0) is 12.1 Å². The van der Waals surface area contributed by atoms with Crippen LogP contribution in [0.3, 0.4) is 0 Å². The van der Waals surface area contributed by atoms with Gasteiger partial charge in [-0.15, -0.1) is 0 Å². The molecule has 1 N–H and O–H groups in total. The summed E-state index contributed by atoms with van der Waals surface area (Å²) in [6.07, 6.45) is 1.59. The molecular weight excluding hydrogens is 226 g/mol. The number of hydrogen-bond acceptors (Lipinski definition) is 3. The number of fused-ring (bicyclic) bond motifs is 1. The van der Waals surface area contributed by atoms with Crippen LogP contribution in [0.25, 0.3) is 10.9 Å². The van der Waals surface area contributed by atoms with E-state index in [0.717, 1.165) is 13.1 Å². The van der Waals surface area contributed by atoms with E-state index in [1.54, 1.807) is 29.1 Å². The van der Waals surface area contributed by atoms with Crippen LogP contribution in [-0.2, 0) is 0 Å². The van der Waals surface area contributed by atoms with Crippen molar-refractivity contribution in [3.63, 3.8) is 0 Å². The summed E-state index contributed by atoms with van der Waals surface area (Å²) in [7, 11) is 0. The molecule has 3 rings (SSSR count). The third kappa shape index (κ3) is 1.34. The molecule has 0 unspecified atom stereocenters. The van der Waals surface area contributed by atoms with Gasteiger partial charge in [0.1, 0.15) is 0 Å². The highest BCUT2D eigenvalue weighted by molar-refractivity contribution is 6.34. The van der Waals surface area contributed by atoms with E-state index in [2.05, 4.69) is 10.3 Å². The van der Waals surface area contributed by atoms with Crippen LogP contribution in [0.5, 0.6) is 0 Å². The minimum Gasteiger partial charge on any atom is -0.313 e. The fraction of sp³-hybridized carbons (Fsp3) is 0.273. The lowest BCUT2D eigenvalue weighted by Gasteiger charge is -2.28. The third-order valence-corrected chi connectivity index (χ3v) is 3.22. The van der Waals surface area contributed by atoms with Crippen LogP contribution in [0.2, 0.25) is 5.02 Å². The number of halogens is 1. The zero-order chi connectivity index (χ0) is 11.1. The fourth-order valence-electron chi connectivity index (χ4n) is 1.86. The number of aromatic nitrogens is 2. The molecule has 0 atom stereocenters. The standard InChI is InChI=1S/C11H10ClN3O/c12-9-3-1-2-8-10(9)14-6-15(11(8)16)7-4-13-5-7/h1-3,6-7,13H,4-5H2. The van der Waals surface area contributed by atoms with Gasteiger partial charge in [-0.1, -0.05) is 17.7 Å². The zero-order valence-corrected chi connectivity index (χ0v) is 9.24. The lowest BCUT2D eigenvalue weighted by molar-refractivity contribution is 0.334. The minimum absolute atomic E-state index is 0.0148. The molecule has 2 aromatic rings. The van der Waals surface area contributed by atoms with E-state index in [1.807, 2.05) is 0 Å². The molecule has 0 spiro atoms. The first-order chi connectivity index (χ1) is 7.77. The zero-order valence-electron chi connectivity index (χ0n) is 8.48. The first-order valence-corrected chi connectivity index (χ1v) is 5.51. The largest absolute Gasteiger partial charge is 0.313 e. The molecule has 16 heavy (non-hydrogen) atoms. The Balaban J connectivity index is 2.27. The quantitative estimate of drug-likeness (QED) is 0.808. The number of benzene rings is 1. The summed E-state index contributed by atoms with van der Waals surface area (Å²) in [6, 6.07) is 5.50. The van der Waals surface area contributed by atoms with Gasteiger partial charge in [-0.2, -0.15) is 0 Å². The average molecular weight is 236 g/mol. The van der Waals surface area contributed by atoms with E-state index >= 15 is 0 Å². The normalized spacial score (nSPS) is 16.3. The Kier molecular flexibility index (Phi) is 2.19. The topological polar surface area (TPSA) is 46.9 Å². The first-order valence-electron chi connectivity index (χ1n) is 5.13. The van der Waals surface area contributed by atoms with Gasteiger partial charge in [0.25, 0.3) is 5.56 Å². The molecule has 1 aliphatic rings. The summed E-state index contributed by atoms with van der Waals surface area (Å²) in [5, 5.41) is 4.24. The van der Waals surface area contributed by atoms with E-state index in [9.17, 15) is 4.79 Å². The molecule has 0 radical (unpaired) electrons. The predicted molar refractivity (Wildman–Crippen MR) is 62.9 cm³/mol. The van der Waals surface area contributed by atoms with E-state index < -0.39 is 0 Å². The second-order valence-electron chi connectivity index (χ2n) is 3.91. The van der Waals surface area contributed by atoms with Crippen LogP contribution < -0.4 is 10.9 Å². The summed E-state index contributed by atoms with van der Waals surface area (Å²) < 4.78 is 1.68. The lowest BCUT2D eigenvalue weighted by Crippen LogP contribution is -2.46. The SMILES string of the molecule is O=c1c2cccc(Cl)c2ncn1C1CNC1.